The van der Waals surface area contributed by atoms with Crippen LogP contribution in [0, 0.1) is 0 Å². The van der Waals surface area contributed by atoms with E-state index in [2.05, 4.69) is 29.2 Å². The summed E-state index contributed by atoms with van der Waals surface area (Å²) in [4.78, 5) is 19.1. The maximum Gasteiger partial charge on any atom is 0.253 e. The van der Waals surface area contributed by atoms with Crippen molar-refractivity contribution in [3.05, 3.63) is 76.2 Å². The normalized spacial score (nSPS) is 14.6. The Bertz CT molecular complexity index is 936. The summed E-state index contributed by atoms with van der Waals surface area (Å²) in [5.41, 5.74) is 4.64. The van der Waals surface area contributed by atoms with E-state index in [1.54, 1.807) is 24.8 Å². The van der Waals surface area contributed by atoms with Crippen LogP contribution in [-0.4, -0.2) is 36.0 Å². The van der Waals surface area contributed by atoms with Gasteiger partial charge in [-0.05, 0) is 42.5 Å². The minimum atomic E-state index is 0.0425. The molecular formula is C23H24N2O3S. The van der Waals surface area contributed by atoms with Crippen molar-refractivity contribution in [1.82, 2.24) is 9.88 Å². The lowest BCUT2D eigenvalue weighted by molar-refractivity contribution is 0.0712. The number of ether oxygens (including phenoxy) is 2. The Hall–Kier alpha value is -2.86. The molecule has 3 aromatic rings. The van der Waals surface area contributed by atoms with Crippen LogP contribution in [0.3, 0.4) is 0 Å². The highest BCUT2D eigenvalue weighted by atomic mass is 32.1. The summed E-state index contributed by atoms with van der Waals surface area (Å²) in [5.74, 6) is 1.74. The number of benzene rings is 2. The number of hydrogen-bond donors (Lipinski definition) is 0. The van der Waals surface area contributed by atoms with Crippen LogP contribution >= 0.6 is 11.3 Å². The van der Waals surface area contributed by atoms with E-state index in [0.29, 0.717) is 29.6 Å². The fraction of sp³-hybridized carbons (Fsp3) is 0.304. The number of hydrogen-bond acceptors (Lipinski definition) is 5. The molecule has 1 amide bonds. The van der Waals surface area contributed by atoms with Gasteiger partial charge in [0.2, 0.25) is 0 Å². The first-order chi connectivity index (χ1) is 14.2. The van der Waals surface area contributed by atoms with E-state index in [4.69, 9.17) is 9.47 Å². The molecule has 2 heterocycles. The third-order valence-corrected chi connectivity index (χ3v) is 5.96. The summed E-state index contributed by atoms with van der Waals surface area (Å²) >= 11 is 1.53. The fourth-order valence-corrected chi connectivity index (χ4v) is 4.25. The molecule has 1 fully saturated rings. The van der Waals surface area contributed by atoms with E-state index in [0.717, 1.165) is 31.6 Å². The lowest BCUT2D eigenvalue weighted by Gasteiger charge is -2.32. The fourth-order valence-electron chi connectivity index (χ4n) is 3.70. The number of amides is 1. The van der Waals surface area contributed by atoms with Crippen LogP contribution in [0.4, 0.5) is 0 Å². The van der Waals surface area contributed by atoms with Gasteiger partial charge in [-0.1, -0.05) is 30.3 Å². The molecule has 29 heavy (non-hydrogen) atoms. The maximum atomic E-state index is 13.0. The molecule has 0 aliphatic carbocycles. The van der Waals surface area contributed by atoms with Crippen LogP contribution < -0.4 is 9.47 Å². The van der Waals surface area contributed by atoms with Gasteiger partial charge in [-0.25, -0.2) is 4.98 Å². The molecule has 5 nitrogen and oxygen atoms in total. The monoisotopic (exact) mass is 408 g/mol. The first-order valence-corrected chi connectivity index (χ1v) is 10.7. The van der Waals surface area contributed by atoms with Crippen molar-refractivity contribution in [2.24, 2.45) is 0 Å². The molecule has 2 aromatic carbocycles. The highest BCUT2D eigenvalue weighted by Gasteiger charge is 2.25. The van der Waals surface area contributed by atoms with Gasteiger partial charge in [0.05, 0.1) is 18.3 Å². The summed E-state index contributed by atoms with van der Waals surface area (Å²) in [6.07, 6.45) is 1.98. The third kappa shape index (κ3) is 4.59. The first kappa shape index (κ1) is 19.5. The number of aromatic nitrogens is 1. The van der Waals surface area contributed by atoms with Gasteiger partial charge in [0.15, 0.2) is 11.5 Å². The van der Waals surface area contributed by atoms with Crippen LogP contribution in [0.2, 0.25) is 0 Å². The Balaban J connectivity index is 1.39. The Labute approximate surface area is 174 Å². The zero-order valence-corrected chi connectivity index (χ0v) is 17.2. The smallest absolute Gasteiger partial charge is 0.253 e. The van der Waals surface area contributed by atoms with Crippen molar-refractivity contribution in [2.45, 2.75) is 25.4 Å². The number of thiazole rings is 1. The van der Waals surface area contributed by atoms with Crippen LogP contribution in [-0.2, 0) is 6.61 Å². The lowest BCUT2D eigenvalue weighted by Crippen LogP contribution is -2.37. The van der Waals surface area contributed by atoms with Gasteiger partial charge in [-0.3, -0.25) is 4.79 Å². The van der Waals surface area contributed by atoms with Crippen LogP contribution in [0.1, 0.15) is 40.4 Å². The van der Waals surface area contributed by atoms with Crippen molar-refractivity contribution in [3.63, 3.8) is 0 Å². The van der Waals surface area contributed by atoms with Crippen LogP contribution in [0.25, 0.3) is 0 Å². The molecule has 1 aromatic heterocycles. The largest absolute Gasteiger partial charge is 0.493 e. The quantitative estimate of drug-likeness (QED) is 0.591. The summed E-state index contributed by atoms with van der Waals surface area (Å²) in [6, 6.07) is 15.9. The van der Waals surface area contributed by atoms with Crippen LogP contribution in [0.5, 0.6) is 11.5 Å². The van der Waals surface area contributed by atoms with E-state index in [1.807, 2.05) is 22.4 Å². The van der Waals surface area contributed by atoms with E-state index in [1.165, 1.54) is 16.9 Å². The van der Waals surface area contributed by atoms with Gasteiger partial charge in [0, 0.05) is 24.0 Å². The topological polar surface area (TPSA) is 51.7 Å². The second-order valence-corrected chi connectivity index (χ2v) is 7.83. The number of carbonyl (C=O) groups is 1. The molecule has 1 saturated heterocycles. The molecule has 0 spiro atoms. The molecule has 1 aliphatic rings. The Morgan fingerprint density at radius 3 is 2.62 bits per heavy atom. The van der Waals surface area contributed by atoms with Gasteiger partial charge in [-0.15, -0.1) is 11.3 Å². The highest BCUT2D eigenvalue weighted by Crippen LogP contribution is 2.31. The minimum absolute atomic E-state index is 0.0425. The summed E-state index contributed by atoms with van der Waals surface area (Å²) in [6.45, 7) is 1.91. The zero-order valence-electron chi connectivity index (χ0n) is 16.4. The van der Waals surface area contributed by atoms with Crippen LogP contribution in [0.15, 0.2) is 59.4 Å². The molecule has 1 aliphatic heterocycles. The lowest BCUT2D eigenvalue weighted by atomic mass is 9.89. The Kier molecular flexibility index (Phi) is 6.10. The van der Waals surface area contributed by atoms with Gasteiger partial charge in [-0.2, -0.15) is 0 Å². The second-order valence-electron chi connectivity index (χ2n) is 7.11. The number of methoxy groups -OCH3 is 1. The standard InChI is InChI=1S/C23H24N2O3S/c1-27-22-13-19(7-8-21(22)28-14-20-15-29-16-24-20)23(26)25-11-9-18(10-12-25)17-5-3-2-4-6-17/h2-8,13,15-16,18H,9-12,14H2,1H3. The van der Waals surface area contributed by atoms with Crippen molar-refractivity contribution < 1.29 is 14.3 Å². The molecule has 0 saturated carbocycles. The third-order valence-electron chi connectivity index (χ3n) is 5.32. The van der Waals surface area contributed by atoms with E-state index >= 15 is 0 Å². The Morgan fingerprint density at radius 1 is 1.14 bits per heavy atom. The predicted octanol–water partition coefficient (Wildman–Crippen LogP) is 4.75. The average Bonchev–Trinajstić information content (AvgIpc) is 3.31. The number of likely N-dealkylation sites (tertiary alicyclic amines) is 1. The molecule has 0 bridgehead atoms. The van der Waals surface area contributed by atoms with Gasteiger partial charge in [0.1, 0.15) is 6.61 Å². The Morgan fingerprint density at radius 2 is 1.93 bits per heavy atom. The molecule has 0 atom stereocenters. The van der Waals surface area contributed by atoms with Gasteiger partial charge < -0.3 is 14.4 Å². The van der Waals surface area contributed by atoms with Crippen molar-refractivity contribution >= 4 is 17.2 Å². The summed E-state index contributed by atoms with van der Waals surface area (Å²) in [7, 11) is 1.59. The van der Waals surface area contributed by atoms with E-state index < -0.39 is 0 Å². The highest BCUT2D eigenvalue weighted by molar-refractivity contribution is 7.07. The zero-order chi connectivity index (χ0) is 20.1. The minimum Gasteiger partial charge on any atom is -0.493 e. The number of carbonyl (C=O) groups excluding carboxylic acids is 1. The van der Waals surface area contributed by atoms with Crippen molar-refractivity contribution in [2.75, 3.05) is 20.2 Å². The molecule has 0 radical (unpaired) electrons. The number of piperidine rings is 1. The molecule has 6 heteroatoms. The summed E-state index contributed by atoms with van der Waals surface area (Å²) < 4.78 is 11.3. The van der Waals surface area contributed by atoms with Crippen molar-refractivity contribution in [1.29, 1.82) is 0 Å². The molecular weight excluding hydrogens is 384 g/mol. The molecule has 4 rings (SSSR count). The predicted molar refractivity (Wildman–Crippen MR) is 114 cm³/mol. The average molecular weight is 409 g/mol. The van der Waals surface area contributed by atoms with Crippen molar-refractivity contribution in [3.8, 4) is 11.5 Å². The van der Waals surface area contributed by atoms with Gasteiger partial charge >= 0.3 is 0 Å². The van der Waals surface area contributed by atoms with Gasteiger partial charge in [0.25, 0.3) is 5.91 Å². The van der Waals surface area contributed by atoms with E-state index in [-0.39, 0.29) is 5.91 Å². The maximum absolute atomic E-state index is 13.0. The molecule has 0 unspecified atom stereocenters. The number of rotatable bonds is 6. The second kappa shape index (κ2) is 9.09. The van der Waals surface area contributed by atoms with E-state index in [9.17, 15) is 4.79 Å². The number of nitrogens with zero attached hydrogens (tertiary/aromatic N) is 2. The first-order valence-electron chi connectivity index (χ1n) is 9.76. The SMILES string of the molecule is COc1cc(C(=O)N2CCC(c3ccccc3)CC2)ccc1OCc1cscn1. The molecule has 0 N–H and O–H groups in total. The molecule has 150 valence electrons. The summed E-state index contributed by atoms with van der Waals surface area (Å²) in [5, 5.41) is 1.95.